The lowest BCUT2D eigenvalue weighted by atomic mass is 10.1. The molecule has 1 rings (SSSR count). The first kappa shape index (κ1) is 13.7. The summed E-state index contributed by atoms with van der Waals surface area (Å²) in [5.74, 6) is -1.14. The molecule has 0 aliphatic carbocycles. The van der Waals surface area contributed by atoms with E-state index in [0.29, 0.717) is 10.2 Å². The second-order valence-electron chi connectivity index (χ2n) is 3.80. The van der Waals surface area contributed by atoms with Crippen molar-refractivity contribution in [3.05, 3.63) is 28.2 Å². The Kier molecular flexibility index (Phi) is 4.69. The number of carboxylic acids is 1. The topological polar surface area (TPSA) is 66.4 Å². The SMILES string of the molecule is CCC(C)C(=O)Nc1ccc(C(=O)O)cc1Br. The molecule has 5 heteroatoms. The molecule has 0 spiro atoms. The molecule has 0 heterocycles. The van der Waals surface area contributed by atoms with E-state index in [9.17, 15) is 9.59 Å². The van der Waals surface area contributed by atoms with Gasteiger partial charge in [-0.15, -0.1) is 0 Å². The standard InChI is InChI=1S/C12H14BrNO3/c1-3-7(2)11(15)14-10-5-4-8(12(16)17)6-9(10)13/h4-7H,3H2,1-2H3,(H,14,15)(H,16,17). The number of amides is 1. The Morgan fingerprint density at radius 3 is 2.59 bits per heavy atom. The maximum absolute atomic E-state index is 11.7. The summed E-state index contributed by atoms with van der Waals surface area (Å²) in [6.07, 6.45) is 0.761. The largest absolute Gasteiger partial charge is 0.478 e. The van der Waals surface area contributed by atoms with Crippen LogP contribution in [0.3, 0.4) is 0 Å². The lowest BCUT2D eigenvalue weighted by Gasteiger charge is -2.11. The molecular formula is C12H14BrNO3. The Bertz CT molecular complexity index is 445. The maximum atomic E-state index is 11.7. The van der Waals surface area contributed by atoms with Gasteiger partial charge in [-0.3, -0.25) is 4.79 Å². The van der Waals surface area contributed by atoms with E-state index in [1.807, 2.05) is 13.8 Å². The Morgan fingerprint density at radius 1 is 1.47 bits per heavy atom. The number of carboxylic acid groups (broad SMARTS) is 1. The molecule has 1 unspecified atom stereocenters. The van der Waals surface area contributed by atoms with E-state index < -0.39 is 5.97 Å². The summed E-state index contributed by atoms with van der Waals surface area (Å²) >= 11 is 3.24. The van der Waals surface area contributed by atoms with E-state index in [4.69, 9.17) is 5.11 Å². The fourth-order valence-electron chi connectivity index (χ4n) is 1.19. The van der Waals surface area contributed by atoms with Crippen molar-refractivity contribution in [2.24, 2.45) is 5.92 Å². The average Bonchev–Trinajstić information content (AvgIpc) is 2.30. The van der Waals surface area contributed by atoms with Crippen LogP contribution in [-0.2, 0) is 4.79 Å². The van der Waals surface area contributed by atoms with Gasteiger partial charge in [0.1, 0.15) is 0 Å². The van der Waals surface area contributed by atoms with E-state index in [1.165, 1.54) is 12.1 Å². The zero-order valence-corrected chi connectivity index (χ0v) is 11.2. The highest BCUT2D eigenvalue weighted by molar-refractivity contribution is 9.10. The van der Waals surface area contributed by atoms with Crippen LogP contribution < -0.4 is 5.32 Å². The van der Waals surface area contributed by atoms with Gasteiger partial charge in [0, 0.05) is 10.4 Å². The third-order valence-corrected chi connectivity index (χ3v) is 3.19. The predicted molar refractivity (Wildman–Crippen MR) is 69.2 cm³/mol. The normalized spacial score (nSPS) is 11.9. The molecule has 0 aromatic heterocycles. The third kappa shape index (κ3) is 3.56. The molecule has 4 nitrogen and oxygen atoms in total. The monoisotopic (exact) mass is 299 g/mol. The van der Waals surface area contributed by atoms with Crippen molar-refractivity contribution in [3.63, 3.8) is 0 Å². The molecule has 1 aromatic carbocycles. The van der Waals surface area contributed by atoms with E-state index in [0.717, 1.165) is 6.42 Å². The number of carbonyl (C=O) groups excluding carboxylic acids is 1. The average molecular weight is 300 g/mol. The number of nitrogens with one attached hydrogen (secondary N) is 1. The van der Waals surface area contributed by atoms with Gasteiger partial charge in [0.15, 0.2) is 0 Å². The van der Waals surface area contributed by atoms with Crippen LogP contribution in [0.5, 0.6) is 0 Å². The lowest BCUT2D eigenvalue weighted by Crippen LogP contribution is -2.19. The summed E-state index contributed by atoms with van der Waals surface area (Å²) in [6.45, 7) is 3.78. The second-order valence-corrected chi connectivity index (χ2v) is 4.65. The molecule has 2 N–H and O–H groups in total. The summed E-state index contributed by atoms with van der Waals surface area (Å²) in [7, 11) is 0. The van der Waals surface area contributed by atoms with E-state index in [1.54, 1.807) is 6.07 Å². The number of hydrogen-bond acceptors (Lipinski definition) is 2. The van der Waals surface area contributed by atoms with Crippen LogP contribution in [0.15, 0.2) is 22.7 Å². The highest BCUT2D eigenvalue weighted by Gasteiger charge is 2.13. The number of hydrogen-bond donors (Lipinski definition) is 2. The summed E-state index contributed by atoms with van der Waals surface area (Å²) in [6, 6.07) is 4.50. The molecule has 92 valence electrons. The second kappa shape index (κ2) is 5.82. The molecule has 0 fully saturated rings. The number of rotatable bonds is 4. The molecule has 0 aliphatic rings. The minimum absolute atomic E-state index is 0.0685. The predicted octanol–water partition coefficient (Wildman–Crippen LogP) is 3.13. The molecule has 1 amide bonds. The summed E-state index contributed by atoms with van der Waals surface area (Å²) in [5, 5.41) is 11.5. The highest BCUT2D eigenvalue weighted by Crippen LogP contribution is 2.24. The van der Waals surface area contributed by atoms with Crippen LogP contribution in [0.4, 0.5) is 5.69 Å². The Morgan fingerprint density at radius 2 is 2.12 bits per heavy atom. The zero-order chi connectivity index (χ0) is 13.0. The Balaban J connectivity index is 2.86. The van der Waals surface area contributed by atoms with Gasteiger partial charge in [-0.25, -0.2) is 4.79 Å². The van der Waals surface area contributed by atoms with Gasteiger partial charge in [-0.05, 0) is 40.5 Å². The molecule has 0 aliphatic heterocycles. The maximum Gasteiger partial charge on any atom is 0.335 e. The van der Waals surface area contributed by atoms with Crippen molar-refractivity contribution < 1.29 is 14.7 Å². The minimum Gasteiger partial charge on any atom is -0.478 e. The summed E-state index contributed by atoms with van der Waals surface area (Å²) in [5.41, 5.74) is 0.763. The molecule has 0 bridgehead atoms. The molecular weight excluding hydrogens is 286 g/mol. The lowest BCUT2D eigenvalue weighted by molar-refractivity contribution is -0.119. The first-order valence-corrected chi connectivity index (χ1v) is 6.08. The molecule has 0 saturated carbocycles. The van der Waals surface area contributed by atoms with Crippen molar-refractivity contribution in [2.75, 3.05) is 5.32 Å². The molecule has 17 heavy (non-hydrogen) atoms. The smallest absolute Gasteiger partial charge is 0.335 e. The van der Waals surface area contributed by atoms with Gasteiger partial charge >= 0.3 is 5.97 Å². The zero-order valence-electron chi connectivity index (χ0n) is 9.66. The van der Waals surface area contributed by atoms with Gasteiger partial charge in [-0.1, -0.05) is 13.8 Å². The van der Waals surface area contributed by atoms with E-state index >= 15 is 0 Å². The van der Waals surface area contributed by atoms with Crippen LogP contribution in [-0.4, -0.2) is 17.0 Å². The highest BCUT2D eigenvalue weighted by atomic mass is 79.9. The van der Waals surface area contributed by atoms with Gasteiger partial charge in [0.2, 0.25) is 5.91 Å². The number of halogens is 1. The van der Waals surface area contributed by atoms with E-state index in [2.05, 4.69) is 21.2 Å². The molecule has 1 aromatic rings. The van der Waals surface area contributed by atoms with Gasteiger partial charge in [0.25, 0.3) is 0 Å². The van der Waals surface area contributed by atoms with Gasteiger partial charge in [0.05, 0.1) is 11.3 Å². The quantitative estimate of drug-likeness (QED) is 0.897. The first-order chi connectivity index (χ1) is 7.95. The van der Waals surface area contributed by atoms with Crippen molar-refractivity contribution in [1.29, 1.82) is 0 Å². The fourth-order valence-corrected chi connectivity index (χ4v) is 1.67. The van der Waals surface area contributed by atoms with Crippen molar-refractivity contribution in [1.82, 2.24) is 0 Å². The molecule has 0 saturated heterocycles. The Hall–Kier alpha value is -1.36. The number of aromatic carboxylic acids is 1. The Labute approximate surface area is 108 Å². The van der Waals surface area contributed by atoms with Crippen molar-refractivity contribution >= 4 is 33.5 Å². The molecule has 1 atom stereocenters. The van der Waals surface area contributed by atoms with Crippen molar-refractivity contribution in [3.8, 4) is 0 Å². The van der Waals surface area contributed by atoms with Crippen LogP contribution in [0.1, 0.15) is 30.6 Å². The molecule has 0 radical (unpaired) electrons. The van der Waals surface area contributed by atoms with E-state index in [-0.39, 0.29) is 17.4 Å². The van der Waals surface area contributed by atoms with Crippen LogP contribution in [0, 0.1) is 5.92 Å². The summed E-state index contributed by atoms with van der Waals surface area (Å²) in [4.78, 5) is 22.4. The van der Waals surface area contributed by atoms with Crippen LogP contribution >= 0.6 is 15.9 Å². The van der Waals surface area contributed by atoms with Crippen LogP contribution in [0.25, 0.3) is 0 Å². The van der Waals surface area contributed by atoms with Crippen LogP contribution in [0.2, 0.25) is 0 Å². The number of carbonyl (C=O) groups is 2. The number of benzene rings is 1. The first-order valence-electron chi connectivity index (χ1n) is 5.29. The number of anilines is 1. The van der Waals surface area contributed by atoms with Gasteiger partial charge < -0.3 is 10.4 Å². The third-order valence-electron chi connectivity index (χ3n) is 2.53. The minimum atomic E-state index is -0.995. The van der Waals surface area contributed by atoms with Gasteiger partial charge in [-0.2, -0.15) is 0 Å². The van der Waals surface area contributed by atoms with Crippen molar-refractivity contribution in [2.45, 2.75) is 20.3 Å². The fraction of sp³-hybridized carbons (Fsp3) is 0.333. The summed E-state index contributed by atoms with van der Waals surface area (Å²) < 4.78 is 0.564.